The van der Waals surface area contributed by atoms with E-state index in [4.69, 9.17) is 0 Å². The van der Waals surface area contributed by atoms with Crippen molar-refractivity contribution in [1.29, 1.82) is 0 Å². The molecule has 0 atom stereocenters. The highest BCUT2D eigenvalue weighted by Crippen LogP contribution is 2.26. The highest BCUT2D eigenvalue weighted by Gasteiger charge is 2.24. The predicted molar refractivity (Wildman–Crippen MR) is 95.7 cm³/mol. The van der Waals surface area contributed by atoms with E-state index in [-0.39, 0.29) is 6.03 Å². The molecule has 2 fully saturated rings. The Labute approximate surface area is 145 Å². The lowest BCUT2D eigenvalue weighted by atomic mass is 10.0. The van der Waals surface area contributed by atoms with Crippen LogP contribution in [0.25, 0.3) is 0 Å². The number of carbonyl (C=O) groups is 1. The van der Waals surface area contributed by atoms with Crippen LogP contribution in [0.15, 0.2) is 24.5 Å². The standard InChI is InChI=1S/C19H30N4O/c1-22(14-17-7-4-10-20-13-17)19(24)21-18-8-11-23(12-9-18)15-16-5-2-3-6-16/h4,7,10,13,16,18H,2-3,5-6,8-9,11-12,14-15H2,1H3,(H,21,24). The minimum atomic E-state index is 0.0214. The van der Waals surface area contributed by atoms with Crippen molar-refractivity contribution in [3.05, 3.63) is 30.1 Å². The molecule has 0 bridgehead atoms. The number of rotatable bonds is 5. The Hall–Kier alpha value is -1.62. The molecule has 1 aromatic rings. The predicted octanol–water partition coefficient (Wildman–Crippen LogP) is 2.88. The second kappa shape index (κ2) is 8.47. The summed E-state index contributed by atoms with van der Waals surface area (Å²) in [6.45, 7) is 4.10. The molecule has 5 heteroatoms. The zero-order chi connectivity index (χ0) is 16.8. The van der Waals surface area contributed by atoms with E-state index in [2.05, 4.69) is 15.2 Å². The summed E-state index contributed by atoms with van der Waals surface area (Å²) in [5.41, 5.74) is 1.06. The molecular weight excluding hydrogens is 300 g/mol. The Morgan fingerprint density at radius 3 is 2.71 bits per heavy atom. The van der Waals surface area contributed by atoms with E-state index in [1.54, 1.807) is 11.1 Å². The summed E-state index contributed by atoms with van der Waals surface area (Å²) in [6, 6.07) is 4.24. The fraction of sp³-hybridized carbons (Fsp3) is 0.684. The summed E-state index contributed by atoms with van der Waals surface area (Å²) in [6.07, 6.45) is 11.4. The van der Waals surface area contributed by atoms with E-state index in [9.17, 15) is 4.79 Å². The van der Waals surface area contributed by atoms with Gasteiger partial charge >= 0.3 is 6.03 Å². The van der Waals surface area contributed by atoms with Crippen LogP contribution < -0.4 is 5.32 Å². The highest BCUT2D eigenvalue weighted by atomic mass is 16.2. The molecule has 0 aromatic carbocycles. The second-order valence-electron chi connectivity index (χ2n) is 7.39. The van der Waals surface area contributed by atoms with Crippen molar-refractivity contribution in [2.75, 3.05) is 26.7 Å². The van der Waals surface area contributed by atoms with Crippen molar-refractivity contribution in [2.45, 2.75) is 51.1 Å². The van der Waals surface area contributed by atoms with Gasteiger partial charge in [-0.25, -0.2) is 4.79 Å². The first-order chi connectivity index (χ1) is 11.7. The fourth-order valence-electron chi connectivity index (χ4n) is 3.94. The monoisotopic (exact) mass is 330 g/mol. The van der Waals surface area contributed by atoms with E-state index >= 15 is 0 Å². The molecule has 1 saturated carbocycles. The summed E-state index contributed by atoms with van der Waals surface area (Å²) < 4.78 is 0. The van der Waals surface area contributed by atoms with Crippen LogP contribution in [0.5, 0.6) is 0 Å². The summed E-state index contributed by atoms with van der Waals surface area (Å²) >= 11 is 0. The maximum Gasteiger partial charge on any atom is 0.317 e. The molecule has 3 rings (SSSR count). The van der Waals surface area contributed by atoms with Crippen LogP contribution in [0.1, 0.15) is 44.1 Å². The zero-order valence-electron chi connectivity index (χ0n) is 14.8. The van der Waals surface area contributed by atoms with Crippen LogP contribution in [0.2, 0.25) is 0 Å². The molecule has 0 spiro atoms. The molecular formula is C19H30N4O. The number of hydrogen-bond donors (Lipinski definition) is 1. The Bertz CT molecular complexity index is 507. The first kappa shape index (κ1) is 17.2. The molecule has 1 aliphatic carbocycles. The van der Waals surface area contributed by atoms with Gasteiger partial charge in [-0.05, 0) is 43.2 Å². The average Bonchev–Trinajstić information content (AvgIpc) is 3.10. The third kappa shape index (κ3) is 4.94. The van der Waals surface area contributed by atoms with Crippen LogP contribution in [-0.2, 0) is 6.54 Å². The summed E-state index contributed by atoms with van der Waals surface area (Å²) in [7, 11) is 1.84. The summed E-state index contributed by atoms with van der Waals surface area (Å²) in [4.78, 5) is 20.8. The highest BCUT2D eigenvalue weighted by molar-refractivity contribution is 5.74. The van der Waals surface area contributed by atoms with Gasteiger partial charge < -0.3 is 15.1 Å². The molecule has 2 aliphatic rings. The number of pyridine rings is 1. The summed E-state index contributed by atoms with van der Waals surface area (Å²) in [5, 5.41) is 3.19. The van der Waals surface area contributed by atoms with E-state index in [0.717, 1.165) is 37.4 Å². The van der Waals surface area contributed by atoms with Gasteiger partial charge in [0.1, 0.15) is 0 Å². The van der Waals surface area contributed by atoms with Gasteiger partial charge in [-0.2, -0.15) is 0 Å². The van der Waals surface area contributed by atoms with Crippen LogP contribution in [0.3, 0.4) is 0 Å². The number of likely N-dealkylation sites (tertiary alicyclic amines) is 1. The maximum absolute atomic E-state index is 12.4. The number of hydrogen-bond acceptors (Lipinski definition) is 3. The molecule has 1 aliphatic heterocycles. The number of nitrogens with one attached hydrogen (secondary N) is 1. The Balaban J connectivity index is 1.38. The van der Waals surface area contributed by atoms with Gasteiger partial charge in [0.05, 0.1) is 0 Å². The van der Waals surface area contributed by atoms with Crippen molar-refractivity contribution in [1.82, 2.24) is 20.1 Å². The van der Waals surface area contributed by atoms with Crippen molar-refractivity contribution >= 4 is 6.03 Å². The van der Waals surface area contributed by atoms with E-state index in [1.165, 1.54) is 32.2 Å². The maximum atomic E-state index is 12.4. The van der Waals surface area contributed by atoms with Crippen molar-refractivity contribution in [2.24, 2.45) is 5.92 Å². The third-order valence-electron chi connectivity index (χ3n) is 5.40. The smallest absolute Gasteiger partial charge is 0.317 e. The van der Waals surface area contributed by atoms with Gasteiger partial charge in [0, 0.05) is 51.7 Å². The van der Waals surface area contributed by atoms with E-state index < -0.39 is 0 Å². The molecule has 1 N–H and O–H groups in total. The second-order valence-corrected chi connectivity index (χ2v) is 7.39. The van der Waals surface area contributed by atoms with Crippen LogP contribution >= 0.6 is 0 Å². The van der Waals surface area contributed by atoms with Crippen molar-refractivity contribution < 1.29 is 4.79 Å². The molecule has 2 heterocycles. The van der Waals surface area contributed by atoms with Gasteiger partial charge in [-0.1, -0.05) is 18.9 Å². The van der Waals surface area contributed by atoms with Gasteiger partial charge in [-0.3, -0.25) is 4.98 Å². The minimum Gasteiger partial charge on any atom is -0.335 e. The lowest BCUT2D eigenvalue weighted by Crippen LogP contribution is -2.48. The quantitative estimate of drug-likeness (QED) is 0.903. The number of amides is 2. The number of aromatic nitrogens is 1. The molecule has 1 saturated heterocycles. The number of piperidine rings is 1. The fourth-order valence-corrected chi connectivity index (χ4v) is 3.94. The Kier molecular flexibility index (Phi) is 6.07. The normalized spacial score (nSPS) is 20.2. The Morgan fingerprint density at radius 2 is 2.04 bits per heavy atom. The lowest BCUT2D eigenvalue weighted by Gasteiger charge is -2.34. The van der Waals surface area contributed by atoms with E-state index in [0.29, 0.717) is 12.6 Å². The average molecular weight is 330 g/mol. The summed E-state index contributed by atoms with van der Waals surface area (Å²) in [5.74, 6) is 0.918. The van der Waals surface area contributed by atoms with Gasteiger partial charge in [0.15, 0.2) is 0 Å². The topological polar surface area (TPSA) is 48.5 Å². The first-order valence-electron chi connectivity index (χ1n) is 9.33. The van der Waals surface area contributed by atoms with E-state index in [1.807, 2.05) is 25.4 Å². The van der Waals surface area contributed by atoms with Gasteiger partial charge in [0.2, 0.25) is 0 Å². The van der Waals surface area contributed by atoms with Crippen LogP contribution in [0, 0.1) is 5.92 Å². The van der Waals surface area contributed by atoms with Crippen molar-refractivity contribution in [3.8, 4) is 0 Å². The zero-order valence-corrected chi connectivity index (χ0v) is 14.8. The molecule has 5 nitrogen and oxygen atoms in total. The largest absolute Gasteiger partial charge is 0.335 e. The van der Waals surface area contributed by atoms with Crippen molar-refractivity contribution in [3.63, 3.8) is 0 Å². The third-order valence-corrected chi connectivity index (χ3v) is 5.40. The molecule has 24 heavy (non-hydrogen) atoms. The minimum absolute atomic E-state index is 0.0214. The molecule has 0 unspecified atom stereocenters. The molecule has 0 radical (unpaired) electrons. The number of carbonyl (C=O) groups excluding carboxylic acids is 1. The molecule has 132 valence electrons. The number of nitrogens with zero attached hydrogens (tertiary/aromatic N) is 3. The SMILES string of the molecule is CN(Cc1cccnc1)C(=O)NC1CCN(CC2CCCC2)CC1. The lowest BCUT2D eigenvalue weighted by molar-refractivity contribution is 0.163. The number of urea groups is 1. The van der Waals surface area contributed by atoms with Crippen LogP contribution in [0.4, 0.5) is 4.79 Å². The van der Waals surface area contributed by atoms with Gasteiger partial charge in [0.25, 0.3) is 0 Å². The first-order valence-corrected chi connectivity index (χ1v) is 9.33. The molecule has 1 aromatic heterocycles. The molecule has 2 amide bonds. The van der Waals surface area contributed by atoms with Crippen LogP contribution in [-0.4, -0.2) is 53.5 Å². The van der Waals surface area contributed by atoms with Gasteiger partial charge in [-0.15, -0.1) is 0 Å². The Morgan fingerprint density at radius 1 is 1.29 bits per heavy atom.